The molecule has 0 radical (unpaired) electrons. The Kier molecular flexibility index (Phi) is 9.15. The first-order valence-corrected chi connectivity index (χ1v) is 11.3. The van der Waals surface area contributed by atoms with E-state index in [0.717, 1.165) is 24.6 Å². The van der Waals surface area contributed by atoms with Gasteiger partial charge in [-0.05, 0) is 24.6 Å². The van der Waals surface area contributed by atoms with Crippen molar-refractivity contribution in [3.63, 3.8) is 0 Å². The van der Waals surface area contributed by atoms with E-state index in [4.69, 9.17) is 4.74 Å². The van der Waals surface area contributed by atoms with Crippen molar-refractivity contribution < 1.29 is 27.1 Å². The first kappa shape index (κ1) is 24.2. The number of hydrogen-bond donors (Lipinski definition) is 2. The molecule has 0 aromatic heterocycles. The molecular weight excluding hydrogens is 415 g/mol. The number of rotatable bonds is 10. The van der Waals surface area contributed by atoms with Gasteiger partial charge in [-0.15, -0.1) is 0 Å². The molecule has 1 aromatic rings. The topological polar surface area (TPSA) is 108 Å². The molecule has 30 heavy (non-hydrogen) atoms. The van der Waals surface area contributed by atoms with Crippen LogP contribution in [0.25, 0.3) is 0 Å². The normalized spacial score (nSPS) is 15.2. The first-order chi connectivity index (χ1) is 14.3. The maximum Gasteiger partial charge on any atom is 0.256 e. The zero-order valence-corrected chi connectivity index (χ0v) is 18.1. The lowest BCUT2D eigenvalue weighted by Crippen LogP contribution is -2.51. The average Bonchev–Trinajstić information content (AvgIpc) is 2.71. The van der Waals surface area contributed by atoms with Gasteiger partial charge in [0.2, 0.25) is 15.9 Å². The number of methoxy groups -OCH3 is 1. The van der Waals surface area contributed by atoms with Crippen molar-refractivity contribution in [2.45, 2.75) is 18.2 Å². The fourth-order valence-electron chi connectivity index (χ4n) is 3.09. The number of nitrogens with one attached hydrogen (secondary N) is 2. The molecule has 1 aliphatic heterocycles. The van der Waals surface area contributed by atoms with E-state index in [1.807, 2.05) is 4.90 Å². The summed E-state index contributed by atoms with van der Waals surface area (Å²) in [7, 11) is -2.19. The second kappa shape index (κ2) is 11.3. The van der Waals surface area contributed by atoms with Crippen LogP contribution in [-0.2, 0) is 19.6 Å². The lowest BCUT2D eigenvalue weighted by Gasteiger charge is -2.34. The number of nitrogens with zero attached hydrogens (tertiary/aromatic N) is 2. The number of sulfonamides is 1. The number of amides is 2. The van der Waals surface area contributed by atoms with Crippen LogP contribution in [0.5, 0.6) is 0 Å². The smallest absolute Gasteiger partial charge is 0.256 e. The van der Waals surface area contributed by atoms with E-state index in [2.05, 4.69) is 10.0 Å². The van der Waals surface area contributed by atoms with Crippen LogP contribution in [0.4, 0.5) is 4.39 Å². The van der Waals surface area contributed by atoms with Gasteiger partial charge in [-0.1, -0.05) is 6.92 Å². The Hall–Kier alpha value is -2.08. The molecule has 0 atom stereocenters. The van der Waals surface area contributed by atoms with E-state index < -0.39 is 21.7 Å². The predicted molar refractivity (Wildman–Crippen MR) is 109 cm³/mol. The van der Waals surface area contributed by atoms with Gasteiger partial charge in [-0.3, -0.25) is 14.5 Å². The van der Waals surface area contributed by atoms with Crippen molar-refractivity contribution in [3.05, 3.63) is 29.6 Å². The zero-order chi connectivity index (χ0) is 22.1. The van der Waals surface area contributed by atoms with Gasteiger partial charge in [-0.2, -0.15) is 0 Å². The lowest BCUT2D eigenvalue weighted by molar-refractivity contribution is -0.122. The zero-order valence-electron chi connectivity index (χ0n) is 17.3. The van der Waals surface area contributed by atoms with E-state index in [0.29, 0.717) is 39.3 Å². The van der Waals surface area contributed by atoms with Crippen molar-refractivity contribution in [3.8, 4) is 0 Å². The van der Waals surface area contributed by atoms with Crippen molar-refractivity contribution >= 4 is 21.8 Å². The molecule has 1 saturated heterocycles. The Labute approximate surface area is 176 Å². The van der Waals surface area contributed by atoms with Gasteiger partial charge >= 0.3 is 0 Å². The summed E-state index contributed by atoms with van der Waals surface area (Å²) < 4.78 is 45.8. The van der Waals surface area contributed by atoms with Crippen LogP contribution in [0.2, 0.25) is 0 Å². The quantitative estimate of drug-likeness (QED) is 0.493. The Bertz CT molecular complexity index is 841. The lowest BCUT2D eigenvalue weighted by atomic mass is 10.1. The predicted octanol–water partition coefficient (Wildman–Crippen LogP) is 0.0344. The van der Waals surface area contributed by atoms with Crippen LogP contribution < -0.4 is 10.0 Å². The second-order valence-corrected chi connectivity index (χ2v) is 8.67. The molecule has 0 saturated carbocycles. The molecule has 1 aliphatic rings. The van der Waals surface area contributed by atoms with Crippen LogP contribution in [0.3, 0.4) is 0 Å². The number of carbonyl (C=O) groups is 2. The third-order valence-electron chi connectivity index (χ3n) is 4.69. The Morgan fingerprint density at radius 1 is 1.20 bits per heavy atom. The third kappa shape index (κ3) is 6.73. The number of hydrogen-bond acceptors (Lipinski definition) is 6. The highest BCUT2D eigenvalue weighted by atomic mass is 32.2. The van der Waals surface area contributed by atoms with E-state index in [-0.39, 0.29) is 29.5 Å². The summed E-state index contributed by atoms with van der Waals surface area (Å²) >= 11 is 0. The molecule has 9 nitrogen and oxygen atoms in total. The maximum absolute atomic E-state index is 14.2. The molecule has 11 heteroatoms. The van der Waals surface area contributed by atoms with E-state index in [1.165, 1.54) is 4.90 Å². The third-order valence-corrected chi connectivity index (χ3v) is 6.23. The van der Waals surface area contributed by atoms with Crippen LogP contribution in [-0.4, -0.2) is 89.6 Å². The van der Waals surface area contributed by atoms with Crippen LogP contribution in [0.1, 0.15) is 23.7 Å². The minimum Gasteiger partial charge on any atom is -0.385 e. The van der Waals surface area contributed by atoms with E-state index in [9.17, 15) is 22.4 Å². The van der Waals surface area contributed by atoms with Crippen LogP contribution in [0, 0.1) is 5.82 Å². The summed E-state index contributed by atoms with van der Waals surface area (Å²) in [5.41, 5.74) is -0.279. The number of benzene rings is 1. The molecule has 0 aliphatic carbocycles. The van der Waals surface area contributed by atoms with Gasteiger partial charge in [0.25, 0.3) is 5.91 Å². The highest BCUT2D eigenvalue weighted by Gasteiger charge is 2.26. The van der Waals surface area contributed by atoms with E-state index >= 15 is 0 Å². The summed E-state index contributed by atoms with van der Waals surface area (Å²) in [4.78, 5) is 27.9. The van der Waals surface area contributed by atoms with Crippen molar-refractivity contribution in [2.24, 2.45) is 0 Å². The minimum absolute atomic E-state index is 0.0988. The fraction of sp³-hybridized carbons (Fsp3) is 0.579. The molecule has 168 valence electrons. The van der Waals surface area contributed by atoms with Gasteiger partial charge in [0.1, 0.15) is 5.82 Å². The van der Waals surface area contributed by atoms with Crippen molar-refractivity contribution in [2.75, 3.05) is 59.5 Å². The Morgan fingerprint density at radius 2 is 1.90 bits per heavy atom. The fourth-order valence-corrected chi connectivity index (χ4v) is 4.16. The van der Waals surface area contributed by atoms with Gasteiger partial charge in [0.15, 0.2) is 0 Å². The molecule has 1 fully saturated rings. The number of ether oxygens (including phenoxy) is 1. The minimum atomic E-state index is -3.80. The summed E-state index contributed by atoms with van der Waals surface area (Å²) in [5, 5.41) is 2.81. The summed E-state index contributed by atoms with van der Waals surface area (Å²) in [5.74, 6) is -1.43. The molecule has 0 unspecified atom stereocenters. The molecule has 2 N–H and O–H groups in total. The monoisotopic (exact) mass is 444 g/mol. The summed E-state index contributed by atoms with van der Waals surface area (Å²) in [6.45, 7) is 4.73. The van der Waals surface area contributed by atoms with Crippen LogP contribution in [0.15, 0.2) is 23.1 Å². The van der Waals surface area contributed by atoms with Gasteiger partial charge in [-0.25, -0.2) is 17.5 Å². The van der Waals surface area contributed by atoms with Crippen LogP contribution >= 0.6 is 0 Å². The maximum atomic E-state index is 14.2. The highest BCUT2D eigenvalue weighted by molar-refractivity contribution is 7.89. The second-order valence-electron chi connectivity index (χ2n) is 6.91. The molecule has 1 aromatic carbocycles. The highest BCUT2D eigenvalue weighted by Crippen LogP contribution is 2.18. The van der Waals surface area contributed by atoms with E-state index in [1.54, 1.807) is 14.0 Å². The number of piperazine rings is 1. The molecule has 2 rings (SSSR count). The summed E-state index contributed by atoms with van der Waals surface area (Å²) in [6, 6.07) is 3.18. The molecule has 2 amide bonds. The van der Waals surface area contributed by atoms with Crippen molar-refractivity contribution in [1.29, 1.82) is 0 Å². The Balaban J connectivity index is 1.93. The standard InChI is InChI=1S/C19H29FN4O5S/c1-3-22-30(27,28)15-5-6-17(20)16(13-15)19(26)24-10-8-23(9-11-24)14-18(25)21-7-4-12-29-2/h5-6,13,22H,3-4,7-12,14H2,1-2H3,(H,21,25). The van der Waals surface area contributed by atoms with Crippen molar-refractivity contribution in [1.82, 2.24) is 19.8 Å². The first-order valence-electron chi connectivity index (χ1n) is 9.85. The van der Waals surface area contributed by atoms with Gasteiger partial charge in [0.05, 0.1) is 17.0 Å². The molecular formula is C19H29FN4O5S. The molecule has 1 heterocycles. The van der Waals surface area contributed by atoms with Gasteiger partial charge < -0.3 is 15.0 Å². The SMILES string of the molecule is CCNS(=O)(=O)c1ccc(F)c(C(=O)N2CCN(CC(=O)NCCCOC)CC2)c1. The molecule has 0 spiro atoms. The average molecular weight is 445 g/mol. The molecule has 0 bridgehead atoms. The Morgan fingerprint density at radius 3 is 2.53 bits per heavy atom. The summed E-state index contributed by atoms with van der Waals surface area (Å²) in [6.07, 6.45) is 0.735. The number of halogens is 1. The largest absolute Gasteiger partial charge is 0.385 e. The number of carbonyl (C=O) groups excluding carboxylic acids is 2. The van der Waals surface area contributed by atoms with Gasteiger partial charge in [0, 0.05) is 53.0 Å².